The first kappa shape index (κ1) is 16.9. The number of aliphatic hydroxyl groups is 1. The van der Waals surface area contributed by atoms with E-state index in [1.807, 2.05) is 18.3 Å². The number of aromatic nitrogens is 3. The molecule has 0 bridgehead atoms. The van der Waals surface area contributed by atoms with Gasteiger partial charge in [-0.3, -0.25) is 4.90 Å². The summed E-state index contributed by atoms with van der Waals surface area (Å²) >= 11 is 0. The molecule has 1 saturated heterocycles. The predicted molar refractivity (Wildman–Crippen MR) is 101 cm³/mol. The van der Waals surface area contributed by atoms with Gasteiger partial charge in [0.2, 0.25) is 0 Å². The molecule has 0 aliphatic carbocycles. The van der Waals surface area contributed by atoms with Gasteiger partial charge in [-0.1, -0.05) is 65.9 Å². The molecule has 1 unspecified atom stereocenters. The smallest absolute Gasteiger partial charge is 0.0970 e. The van der Waals surface area contributed by atoms with Crippen LogP contribution in [-0.4, -0.2) is 43.7 Å². The summed E-state index contributed by atoms with van der Waals surface area (Å²) in [6.07, 6.45) is 5.20. The molecule has 1 aromatic heterocycles. The van der Waals surface area contributed by atoms with Crippen LogP contribution in [0, 0.1) is 0 Å². The van der Waals surface area contributed by atoms with Gasteiger partial charge in [0.25, 0.3) is 0 Å². The molecule has 134 valence electrons. The number of nitrogens with zero attached hydrogens (tertiary/aromatic N) is 4. The molecule has 1 atom stereocenters. The second-order valence-corrected chi connectivity index (χ2v) is 7.12. The van der Waals surface area contributed by atoms with Crippen molar-refractivity contribution in [3.63, 3.8) is 0 Å². The zero-order valence-corrected chi connectivity index (χ0v) is 14.8. The molecule has 2 heterocycles. The minimum atomic E-state index is -0.798. The summed E-state index contributed by atoms with van der Waals surface area (Å²) in [6.45, 7) is 2.05. The van der Waals surface area contributed by atoms with E-state index in [1.165, 1.54) is 11.1 Å². The van der Waals surface area contributed by atoms with Gasteiger partial charge in [0.05, 0.1) is 24.4 Å². The van der Waals surface area contributed by atoms with Crippen LogP contribution in [0.25, 0.3) is 0 Å². The van der Waals surface area contributed by atoms with Crippen LogP contribution in [-0.2, 0) is 6.54 Å². The van der Waals surface area contributed by atoms with Gasteiger partial charge in [0.15, 0.2) is 0 Å². The highest BCUT2D eigenvalue weighted by atomic mass is 16.3. The number of rotatable bonds is 5. The number of benzene rings is 2. The molecule has 5 heteroatoms. The largest absolute Gasteiger partial charge is 0.387 e. The number of piperidine rings is 1. The van der Waals surface area contributed by atoms with Crippen molar-refractivity contribution in [3.8, 4) is 0 Å². The van der Waals surface area contributed by atoms with Crippen LogP contribution in [0.5, 0.6) is 0 Å². The van der Waals surface area contributed by atoms with Gasteiger partial charge >= 0.3 is 0 Å². The molecule has 0 spiro atoms. The minimum absolute atomic E-state index is 0.139. The van der Waals surface area contributed by atoms with Gasteiger partial charge < -0.3 is 5.11 Å². The van der Waals surface area contributed by atoms with Gasteiger partial charge in [0.1, 0.15) is 0 Å². The second kappa shape index (κ2) is 7.40. The molecular formula is C21H24N4O. The summed E-state index contributed by atoms with van der Waals surface area (Å²) in [4.78, 5) is 2.39. The molecule has 3 aromatic rings. The van der Waals surface area contributed by atoms with Crippen molar-refractivity contribution in [3.05, 3.63) is 84.2 Å². The van der Waals surface area contributed by atoms with Crippen LogP contribution in [0.4, 0.5) is 0 Å². The van der Waals surface area contributed by atoms with Crippen LogP contribution in [0.3, 0.4) is 0 Å². The standard InChI is InChI=1S/C21H24N4O/c26-21(17-25-15-13-22-23-25)12-7-14-24(16-21)20(18-8-3-1-4-9-18)19-10-5-2-6-11-19/h1-6,8-11,13,15,20,26H,7,12,14,16-17H2. The van der Waals surface area contributed by atoms with Gasteiger partial charge in [-0.15, -0.1) is 5.10 Å². The first-order valence-electron chi connectivity index (χ1n) is 9.14. The maximum absolute atomic E-state index is 11.2. The molecule has 0 saturated carbocycles. The maximum Gasteiger partial charge on any atom is 0.0970 e. The summed E-state index contributed by atoms with van der Waals surface area (Å²) in [5, 5.41) is 19.1. The van der Waals surface area contributed by atoms with Gasteiger partial charge in [-0.25, -0.2) is 4.68 Å². The molecule has 1 aliphatic heterocycles. The fourth-order valence-electron chi connectivity index (χ4n) is 4.00. The highest BCUT2D eigenvalue weighted by Gasteiger charge is 2.37. The minimum Gasteiger partial charge on any atom is -0.387 e. The number of likely N-dealkylation sites (tertiary alicyclic amines) is 1. The third kappa shape index (κ3) is 3.69. The monoisotopic (exact) mass is 348 g/mol. The summed E-state index contributed by atoms with van der Waals surface area (Å²) in [5.41, 5.74) is 1.71. The van der Waals surface area contributed by atoms with E-state index in [0.29, 0.717) is 13.1 Å². The van der Waals surface area contributed by atoms with Crippen LogP contribution >= 0.6 is 0 Å². The zero-order valence-electron chi connectivity index (χ0n) is 14.8. The van der Waals surface area contributed by atoms with Crippen LogP contribution in [0.15, 0.2) is 73.1 Å². The Morgan fingerprint density at radius 3 is 2.23 bits per heavy atom. The number of hydrogen-bond donors (Lipinski definition) is 1. The molecule has 26 heavy (non-hydrogen) atoms. The second-order valence-electron chi connectivity index (χ2n) is 7.12. The van der Waals surface area contributed by atoms with Crippen molar-refractivity contribution < 1.29 is 5.11 Å². The van der Waals surface area contributed by atoms with Gasteiger partial charge in [-0.2, -0.15) is 0 Å². The van der Waals surface area contributed by atoms with E-state index in [-0.39, 0.29) is 6.04 Å². The first-order chi connectivity index (χ1) is 12.7. The van der Waals surface area contributed by atoms with Crippen LogP contribution < -0.4 is 0 Å². The van der Waals surface area contributed by atoms with Crippen LogP contribution in [0.1, 0.15) is 30.0 Å². The Balaban J connectivity index is 1.63. The fourth-order valence-corrected chi connectivity index (χ4v) is 4.00. The quantitative estimate of drug-likeness (QED) is 0.770. The SMILES string of the molecule is OC1(Cn2ccnn2)CCCN(C(c2ccccc2)c2ccccc2)C1. The van der Waals surface area contributed by atoms with Crippen LogP contribution in [0.2, 0.25) is 0 Å². The van der Waals surface area contributed by atoms with E-state index in [2.05, 4.69) is 63.7 Å². The Morgan fingerprint density at radius 1 is 1.00 bits per heavy atom. The summed E-state index contributed by atoms with van der Waals surface area (Å²) in [7, 11) is 0. The molecule has 2 aromatic carbocycles. The van der Waals surface area contributed by atoms with E-state index in [9.17, 15) is 5.11 Å². The van der Waals surface area contributed by atoms with E-state index in [4.69, 9.17) is 0 Å². The Morgan fingerprint density at radius 2 is 1.65 bits per heavy atom. The molecular weight excluding hydrogens is 324 g/mol. The van der Waals surface area contributed by atoms with Gasteiger partial charge in [-0.05, 0) is 30.5 Å². The fraction of sp³-hybridized carbons (Fsp3) is 0.333. The average molecular weight is 348 g/mol. The van der Waals surface area contributed by atoms with Crippen molar-refractivity contribution in [2.75, 3.05) is 13.1 Å². The molecule has 5 nitrogen and oxygen atoms in total. The molecule has 0 amide bonds. The molecule has 1 aliphatic rings. The van der Waals surface area contributed by atoms with Crippen molar-refractivity contribution in [2.45, 2.75) is 31.0 Å². The van der Waals surface area contributed by atoms with Crippen molar-refractivity contribution in [1.82, 2.24) is 19.9 Å². The lowest BCUT2D eigenvalue weighted by Gasteiger charge is -2.43. The lowest BCUT2D eigenvalue weighted by molar-refractivity contribution is -0.0535. The lowest BCUT2D eigenvalue weighted by Crippen LogP contribution is -2.51. The van der Waals surface area contributed by atoms with Crippen molar-refractivity contribution in [1.29, 1.82) is 0 Å². The highest BCUT2D eigenvalue weighted by molar-refractivity contribution is 5.32. The van der Waals surface area contributed by atoms with E-state index in [1.54, 1.807) is 10.9 Å². The van der Waals surface area contributed by atoms with Gasteiger partial charge in [0, 0.05) is 12.7 Å². The Labute approximate surface area is 153 Å². The van der Waals surface area contributed by atoms with Crippen molar-refractivity contribution in [2.24, 2.45) is 0 Å². The predicted octanol–water partition coefficient (Wildman–Crippen LogP) is 2.89. The molecule has 4 rings (SSSR count). The highest BCUT2D eigenvalue weighted by Crippen LogP contribution is 2.34. The topological polar surface area (TPSA) is 54.2 Å². The van der Waals surface area contributed by atoms with E-state index in [0.717, 1.165) is 19.4 Å². The third-order valence-electron chi connectivity index (χ3n) is 5.11. The molecule has 1 fully saturated rings. The van der Waals surface area contributed by atoms with E-state index < -0.39 is 5.60 Å². The lowest BCUT2D eigenvalue weighted by atomic mass is 9.88. The first-order valence-corrected chi connectivity index (χ1v) is 9.14. The molecule has 1 N–H and O–H groups in total. The Hall–Kier alpha value is -2.50. The third-order valence-corrected chi connectivity index (χ3v) is 5.11. The average Bonchev–Trinajstić information content (AvgIpc) is 3.16. The molecule has 0 radical (unpaired) electrons. The van der Waals surface area contributed by atoms with Crippen molar-refractivity contribution >= 4 is 0 Å². The zero-order chi connectivity index (χ0) is 17.8. The summed E-state index contributed by atoms with van der Waals surface area (Å²) < 4.78 is 1.73. The maximum atomic E-state index is 11.2. The summed E-state index contributed by atoms with van der Waals surface area (Å²) in [5.74, 6) is 0. The normalized spacial score (nSPS) is 21.2. The Kier molecular flexibility index (Phi) is 4.82. The van der Waals surface area contributed by atoms with E-state index >= 15 is 0 Å². The Bertz CT molecular complexity index is 767. The number of β-amino-alcohol motifs (C(OH)–C–C–N with tert-alkyl or cyclic N) is 1. The summed E-state index contributed by atoms with van der Waals surface area (Å²) in [6, 6.07) is 21.2. The number of hydrogen-bond acceptors (Lipinski definition) is 4.